The molecule has 0 heterocycles. The van der Waals surface area contributed by atoms with Crippen molar-refractivity contribution in [1.82, 2.24) is 0 Å². The quantitative estimate of drug-likeness (QED) is 0.708. The van der Waals surface area contributed by atoms with Crippen molar-refractivity contribution in [1.29, 1.82) is 0 Å². The van der Waals surface area contributed by atoms with E-state index in [4.69, 9.17) is 0 Å². The summed E-state index contributed by atoms with van der Waals surface area (Å²) in [6, 6.07) is 16.4. The summed E-state index contributed by atoms with van der Waals surface area (Å²) in [7, 11) is 0. The summed E-state index contributed by atoms with van der Waals surface area (Å²) in [5.74, 6) is 0. The van der Waals surface area contributed by atoms with E-state index in [1.54, 1.807) is 0 Å². The lowest BCUT2D eigenvalue weighted by molar-refractivity contribution is 0.633. The Hall–Kier alpha value is -1.56. The van der Waals surface area contributed by atoms with Crippen molar-refractivity contribution in [3.63, 3.8) is 0 Å². The van der Waals surface area contributed by atoms with Crippen LogP contribution in [0.2, 0.25) is 0 Å². The smallest absolute Gasteiger partial charge is 0.0155 e. The Balaban J connectivity index is 2.61. The van der Waals surface area contributed by atoms with Crippen LogP contribution in [0.1, 0.15) is 41.7 Å². The largest absolute Gasteiger partial charge is 0.0622 e. The third-order valence-electron chi connectivity index (χ3n) is 3.84. The highest BCUT2D eigenvalue weighted by molar-refractivity contribution is 5.45. The fourth-order valence-corrected chi connectivity index (χ4v) is 2.58. The zero-order valence-corrected chi connectivity index (χ0v) is 12.0. The molecule has 0 fully saturated rings. The van der Waals surface area contributed by atoms with Crippen LogP contribution in [0, 0.1) is 26.8 Å². The molecule has 0 amide bonds. The molecule has 0 saturated heterocycles. The van der Waals surface area contributed by atoms with Crippen LogP contribution in [0.25, 0.3) is 0 Å². The molecule has 18 heavy (non-hydrogen) atoms. The second kappa shape index (κ2) is 4.61. The lowest BCUT2D eigenvalue weighted by Crippen LogP contribution is -2.21. The maximum Gasteiger partial charge on any atom is 0.0155 e. The standard InChI is InChI=1S/C18H21/c1-13-11-14(2)15(3)17(12-13)18(4,5)16-9-7-6-8-10-16/h6-11H,1-5H3. The summed E-state index contributed by atoms with van der Waals surface area (Å²) in [6.45, 7) is 11.1. The second-order valence-electron chi connectivity index (χ2n) is 5.63. The summed E-state index contributed by atoms with van der Waals surface area (Å²) in [6.07, 6.45) is 0. The van der Waals surface area contributed by atoms with Crippen LogP contribution in [-0.2, 0) is 5.41 Å². The molecule has 0 heteroatoms. The summed E-state index contributed by atoms with van der Waals surface area (Å²) in [5.41, 5.74) is 6.58. The first-order valence-electron chi connectivity index (χ1n) is 6.49. The van der Waals surface area contributed by atoms with Gasteiger partial charge in [-0.1, -0.05) is 50.2 Å². The Morgan fingerprint density at radius 3 is 2.17 bits per heavy atom. The normalized spacial score (nSPS) is 11.6. The molecule has 2 aromatic carbocycles. The van der Waals surface area contributed by atoms with Crippen molar-refractivity contribution in [2.75, 3.05) is 0 Å². The van der Waals surface area contributed by atoms with Gasteiger partial charge in [-0.2, -0.15) is 0 Å². The van der Waals surface area contributed by atoms with Crippen LogP contribution < -0.4 is 0 Å². The molecule has 93 valence electrons. The monoisotopic (exact) mass is 237 g/mol. The van der Waals surface area contributed by atoms with Gasteiger partial charge in [0.2, 0.25) is 0 Å². The first-order valence-corrected chi connectivity index (χ1v) is 6.49. The van der Waals surface area contributed by atoms with E-state index in [9.17, 15) is 0 Å². The summed E-state index contributed by atoms with van der Waals surface area (Å²) in [4.78, 5) is 0. The van der Waals surface area contributed by atoms with E-state index in [0.29, 0.717) is 0 Å². The summed E-state index contributed by atoms with van der Waals surface area (Å²) < 4.78 is 0. The molecule has 1 radical (unpaired) electrons. The average Bonchev–Trinajstić information content (AvgIpc) is 2.34. The van der Waals surface area contributed by atoms with E-state index in [2.05, 4.69) is 77.1 Å². The number of hydrogen-bond donors (Lipinski definition) is 0. The van der Waals surface area contributed by atoms with Gasteiger partial charge in [0.1, 0.15) is 0 Å². The van der Waals surface area contributed by atoms with Gasteiger partial charge < -0.3 is 0 Å². The van der Waals surface area contributed by atoms with Gasteiger partial charge in [-0.05, 0) is 54.7 Å². The lowest BCUT2D eigenvalue weighted by atomic mass is 9.75. The molecule has 0 aliphatic rings. The molecule has 0 saturated carbocycles. The molecule has 0 spiro atoms. The maximum atomic E-state index is 3.56. The molecule has 2 rings (SSSR count). The number of rotatable bonds is 2. The van der Waals surface area contributed by atoms with E-state index in [1.807, 2.05) is 0 Å². The molecule has 0 N–H and O–H groups in total. The number of benzene rings is 2. The molecule has 0 aromatic heterocycles. The highest BCUT2D eigenvalue weighted by Crippen LogP contribution is 2.34. The predicted molar refractivity (Wildman–Crippen MR) is 78.1 cm³/mol. The van der Waals surface area contributed by atoms with Crippen LogP contribution in [-0.4, -0.2) is 0 Å². The van der Waals surface area contributed by atoms with Crippen molar-refractivity contribution >= 4 is 0 Å². The van der Waals surface area contributed by atoms with Gasteiger partial charge in [0.05, 0.1) is 0 Å². The first kappa shape index (κ1) is 12.9. The molecule has 0 unspecified atom stereocenters. The maximum absolute atomic E-state index is 3.56. The summed E-state index contributed by atoms with van der Waals surface area (Å²) in [5, 5.41) is 0. The van der Waals surface area contributed by atoms with Gasteiger partial charge >= 0.3 is 0 Å². The Morgan fingerprint density at radius 1 is 0.944 bits per heavy atom. The average molecular weight is 237 g/mol. The van der Waals surface area contributed by atoms with Gasteiger partial charge in [0.15, 0.2) is 0 Å². The van der Waals surface area contributed by atoms with Gasteiger partial charge in [-0.15, -0.1) is 0 Å². The third kappa shape index (κ3) is 2.20. The zero-order chi connectivity index (χ0) is 13.3. The van der Waals surface area contributed by atoms with Crippen molar-refractivity contribution in [3.8, 4) is 0 Å². The molecule has 0 nitrogen and oxygen atoms in total. The SMILES string of the molecule is Cc1[c]c(C(C)(C)c2ccccc2)c(C)c(C)c1. The van der Waals surface area contributed by atoms with Crippen LogP contribution >= 0.6 is 0 Å². The second-order valence-corrected chi connectivity index (χ2v) is 5.63. The van der Waals surface area contributed by atoms with Crippen molar-refractivity contribution in [3.05, 3.63) is 70.3 Å². The van der Waals surface area contributed by atoms with Crippen molar-refractivity contribution < 1.29 is 0 Å². The molecule has 2 aromatic rings. The predicted octanol–water partition coefficient (Wildman–Crippen LogP) is 4.74. The van der Waals surface area contributed by atoms with Crippen LogP contribution in [0.4, 0.5) is 0 Å². The third-order valence-corrected chi connectivity index (χ3v) is 3.84. The van der Waals surface area contributed by atoms with E-state index < -0.39 is 0 Å². The molecule has 0 atom stereocenters. The molecule has 0 aliphatic heterocycles. The zero-order valence-electron chi connectivity index (χ0n) is 12.0. The highest BCUT2D eigenvalue weighted by atomic mass is 14.3. The minimum Gasteiger partial charge on any atom is -0.0622 e. The van der Waals surface area contributed by atoms with Gasteiger partial charge in [-0.3, -0.25) is 0 Å². The van der Waals surface area contributed by atoms with Gasteiger partial charge in [0.25, 0.3) is 0 Å². The molecular weight excluding hydrogens is 216 g/mol. The van der Waals surface area contributed by atoms with Crippen molar-refractivity contribution in [2.24, 2.45) is 0 Å². The van der Waals surface area contributed by atoms with Crippen molar-refractivity contribution in [2.45, 2.75) is 40.0 Å². The topological polar surface area (TPSA) is 0 Å². The summed E-state index contributed by atoms with van der Waals surface area (Å²) >= 11 is 0. The Labute approximate surface area is 111 Å². The Morgan fingerprint density at radius 2 is 1.56 bits per heavy atom. The van der Waals surface area contributed by atoms with E-state index >= 15 is 0 Å². The van der Waals surface area contributed by atoms with E-state index in [-0.39, 0.29) is 5.41 Å². The molecule has 0 aliphatic carbocycles. The minimum absolute atomic E-state index is 0.00211. The van der Waals surface area contributed by atoms with Crippen LogP contribution in [0.5, 0.6) is 0 Å². The van der Waals surface area contributed by atoms with Gasteiger partial charge in [-0.25, -0.2) is 0 Å². The fourth-order valence-electron chi connectivity index (χ4n) is 2.58. The Kier molecular flexibility index (Phi) is 3.30. The number of aryl methyl sites for hydroxylation is 2. The van der Waals surface area contributed by atoms with Crippen LogP contribution in [0.3, 0.4) is 0 Å². The lowest BCUT2D eigenvalue weighted by Gasteiger charge is -2.29. The molecule has 0 bridgehead atoms. The minimum atomic E-state index is 0.00211. The van der Waals surface area contributed by atoms with E-state index in [0.717, 1.165) is 0 Å². The Bertz CT molecular complexity index is 548. The first-order chi connectivity index (χ1) is 8.43. The van der Waals surface area contributed by atoms with Gasteiger partial charge in [0, 0.05) is 5.41 Å². The molecular formula is C18H21. The fraction of sp³-hybridized carbons (Fsp3) is 0.333. The van der Waals surface area contributed by atoms with Crippen LogP contribution in [0.15, 0.2) is 36.4 Å². The highest BCUT2D eigenvalue weighted by Gasteiger charge is 2.25. The van der Waals surface area contributed by atoms with E-state index in [1.165, 1.54) is 27.8 Å². The number of hydrogen-bond acceptors (Lipinski definition) is 0.